The van der Waals surface area contributed by atoms with E-state index in [1.165, 1.54) is 11.3 Å². The molecule has 0 bridgehead atoms. The fraction of sp³-hybridized carbons (Fsp3) is 0.308. The number of ether oxygens (including phenoxy) is 1. The summed E-state index contributed by atoms with van der Waals surface area (Å²) < 4.78 is 7.13. The smallest absolute Gasteiger partial charge is 0.119 e. The fourth-order valence-electron chi connectivity index (χ4n) is 1.84. The Hall–Kier alpha value is -1.29. The van der Waals surface area contributed by atoms with Gasteiger partial charge < -0.3 is 4.74 Å². The van der Waals surface area contributed by atoms with E-state index >= 15 is 0 Å². The number of methoxy groups -OCH3 is 1. The zero-order valence-electron chi connectivity index (χ0n) is 9.98. The lowest BCUT2D eigenvalue weighted by atomic mass is 10.2. The summed E-state index contributed by atoms with van der Waals surface area (Å²) in [6, 6.07) is 7.93. The average Bonchev–Trinajstić information content (AvgIpc) is 2.81. The number of aromatic nitrogens is 2. The normalized spacial score (nSPS) is 10.5. The zero-order valence-corrected chi connectivity index (χ0v) is 11.6. The summed E-state index contributed by atoms with van der Waals surface area (Å²) in [6.45, 7) is 2.14. The van der Waals surface area contributed by atoms with E-state index in [9.17, 15) is 0 Å². The third-order valence-corrected chi connectivity index (χ3v) is 3.36. The quantitative estimate of drug-likeness (QED) is 0.809. The molecular formula is C13H15BrN2O. The van der Waals surface area contributed by atoms with Crippen molar-refractivity contribution >= 4 is 15.9 Å². The van der Waals surface area contributed by atoms with Crippen LogP contribution in [0.3, 0.4) is 0 Å². The van der Waals surface area contributed by atoms with E-state index < -0.39 is 0 Å². The van der Waals surface area contributed by atoms with Crippen molar-refractivity contribution in [2.24, 2.45) is 0 Å². The molecule has 3 nitrogen and oxygen atoms in total. The van der Waals surface area contributed by atoms with E-state index in [1.54, 1.807) is 7.11 Å². The minimum absolute atomic E-state index is 0.840. The van der Waals surface area contributed by atoms with Gasteiger partial charge in [-0.2, -0.15) is 5.10 Å². The molecule has 0 aliphatic heterocycles. The Bertz CT molecular complexity index is 491. The van der Waals surface area contributed by atoms with Gasteiger partial charge in [0.25, 0.3) is 0 Å². The van der Waals surface area contributed by atoms with Crippen LogP contribution in [-0.2, 0) is 11.8 Å². The van der Waals surface area contributed by atoms with Gasteiger partial charge in [-0.25, -0.2) is 4.68 Å². The van der Waals surface area contributed by atoms with Crippen LogP contribution in [0.15, 0.2) is 30.5 Å². The highest BCUT2D eigenvalue weighted by atomic mass is 79.9. The second-order valence-corrected chi connectivity index (χ2v) is 4.27. The van der Waals surface area contributed by atoms with Crippen LogP contribution in [0.25, 0.3) is 5.69 Å². The van der Waals surface area contributed by atoms with Gasteiger partial charge in [0.2, 0.25) is 0 Å². The molecule has 2 rings (SSSR count). The van der Waals surface area contributed by atoms with Crippen LogP contribution in [0, 0.1) is 0 Å². The van der Waals surface area contributed by atoms with E-state index in [-0.39, 0.29) is 0 Å². The number of nitrogens with zero attached hydrogens (tertiary/aromatic N) is 2. The van der Waals surface area contributed by atoms with Gasteiger partial charge in [0.05, 0.1) is 19.0 Å². The predicted molar refractivity (Wildman–Crippen MR) is 72.1 cm³/mol. The maximum Gasteiger partial charge on any atom is 0.119 e. The fourth-order valence-corrected chi connectivity index (χ4v) is 2.31. The molecule has 2 aromatic rings. The second kappa shape index (κ2) is 5.36. The van der Waals surface area contributed by atoms with Crippen molar-refractivity contribution in [2.45, 2.75) is 18.7 Å². The summed E-state index contributed by atoms with van der Waals surface area (Å²) in [5, 5.41) is 5.27. The number of halogens is 1. The predicted octanol–water partition coefficient (Wildman–Crippen LogP) is 3.34. The van der Waals surface area contributed by atoms with Crippen LogP contribution >= 0.6 is 15.9 Å². The summed E-state index contributed by atoms with van der Waals surface area (Å²) in [5.74, 6) is 0.861. The van der Waals surface area contributed by atoms with Crippen LogP contribution in [0.4, 0.5) is 0 Å². The van der Waals surface area contributed by atoms with Gasteiger partial charge in [-0.3, -0.25) is 0 Å². The molecule has 1 aromatic heterocycles. The molecule has 0 N–H and O–H groups in total. The first-order chi connectivity index (χ1) is 8.30. The van der Waals surface area contributed by atoms with Crippen molar-refractivity contribution in [1.29, 1.82) is 0 Å². The van der Waals surface area contributed by atoms with Gasteiger partial charge in [0, 0.05) is 16.6 Å². The molecule has 1 heterocycles. The van der Waals surface area contributed by atoms with E-state index in [4.69, 9.17) is 4.74 Å². The molecule has 0 aliphatic carbocycles. The molecule has 90 valence electrons. The van der Waals surface area contributed by atoms with Crippen LogP contribution in [-0.4, -0.2) is 16.9 Å². The number of hydrogen-bond acceptors (Lipinski definition) is 2. The van der Waals surface area contributed by atoms with Gasteiger partial charge in [-0.05, 0) is 30.7 Å². The molecule has 0 saturated heterocycles. The van der Waals surface area contributed by atoms with Crippen LogP contribution in [0.5, 0.6) is 5.75 Å². The monoisotopic (exact) mass is 294 g/mol. The third-order valence-electron chi connectivity index (χ3n) is 2.75. The third kappa shape index (κ3) is 2.36. The van der Waals surface area contributed by atoms with Crippen molar-refractivity contribution in [3.05, 3.63) is 41.7 Å². The van der Waals surface area contributed by atoms with Crippen LogP contribution in [0.2, 0.25) is 0 Å². The first kappa shape index (κ1) is 12.2. The van der Waals surface area contributed by atoms with Gasteiger partial charge in [0.1, 0.15) is 5.75 Å². The summed E-state index contributed by atoms with van der Waals surface area (Å²) in [6.07, 6.45) is 2.88. The molecule has 0 aliphatic rings. The summed E-state index contributed by atoms with van der Waals surface area (Å²) in [4.78, 5) is 0. The molecule has 0 spiro atoms. The Balaban J connectivity index is 2.41. The Kier molecular flexibility index (Phi) is 3.84. The maximum atomic E-state index is 5.15. The van der Waals surface area contributed by atoms with Crippen LogP contribution < -0.4 is 4.74 Å². The van der Waals surface area contributed by atoms with Crippen molar-refractivity contribution < 1.29 is 4.74 Å². The Labute approximate surface area is 110 Å². The Morgan fingerprint density at radius 3 is 2.53 bits per heavy atom. The molecule has 17 heavy (non-hydrogen) atoms. The highest BCUT2D eigenvalue weighted by molar-refractivity contribution is 9.08. The molecule has 0 amide bonds. The Morgan fingerprint density at radius 1 is 1.29 bits per heavy atom. The first-order valence-electron chi connectivity index (χ1n) is 5.56. The van der Waals surface area contributed by atoms with Crippen LogP contribution in [0.1, 0.15) is 18.2 Å². The van der Waals surface area contributed by atoms with Crippen molar-refractivity contribution in [1.82, 2.24) is 9.78 Å². The minimum Gasteiger partial charge on any atom is -0.497 e. The molecule has 1 aromatic carbocycles. The second-order valence-electron chi connectivity index (χ2n) is 3.71. The molecule has 0 fully saturated rings. The number of hydrogen-bond donors (Lipinski definition) is 0. The molecule has 0 saturated carbocycles. The van der Waals surface area contributed by atoms with E-state index in [0.29, 0.717) is 0 Å². The number of rotatable bonds is 4. The van der Waals surface area contributed by atoms with Gasteiger partial charge >= 0.3 is 0 Å². The van der Waals surface area contributed by atoms with Crippen molar-refractivity contribution in [3.63, 3.8) is 0 Å². The van der Waals surface area contributed by atoms with Crippen molar-refractivity contribution in [2.75, 3.05) is 7.11 Å². The summed E-state index contributed by atoms with van der Waals surface area (Å²) in [5.41, 5.74) is 3.55. The number of benzene rings is 1. The number of alkyl halides is 1. The first-order valence-corrected chi connectivity index (χ1v) is 6.68. The van der Waals surface area contributed by atoms with E-state index in [1.807, 2.05) is 35.1 Å². The largest absolute Gasteiger partial charge is 0.497 e. The van der Waals surface area contributed by atoms with Gasteiger partial charge in [-0.1, -0.05) is 22.9 Å². The summed E-state index contributed by atoms with van der Waals surface area (Å²) >= 11 is 3.48. The topological polar surface area (TPSA) is 27.1 Å². The molecule has 0 radical (unpaired) electrons. The van der Waals surface area contributed by atoms with Crippen molar-refractivity contribution in [3.8, 4) is 11.4 Å². The van der Waals surface area contributed by atoms with E-state index in [0.717, 1.165) is 23.2 Å². The highest BCUT2D eigenvalue weighted by Gasteiger charge is 2.09. The zero-order chi connectivity index (χ0) is 12.3. The molecule has 4 heteroatoms. The molecule has 0 unspecified atom stereocenters. The average molecular weight is 295 g/mol. The lowest BCUT2D eigenvalue weighted by Gasteiger charge is -2.08. The standard InChI is InChI=1S/C13H15BrN2O/c1-3-13-10(8-14)9-15-16(13)11-4-6-12(17-2)7-5-11/h4-7,9H,3,8H2,1-2H3. The SMILES string of the molecule is CCc1c(CBr)cnn1-c1ccc(OC)cc1. The van der Waals surface area contributed by atoms with Gasteiger partial charge in [-0.15, -0.1) is 0 Å². The van der Waals surface area contributed by atoms with Gasteiger partial charge in [0.15, 0.2) is 0 Å². The molecule has 0 atom stereocenters. The van der Waals surface area contributed by atoms with E-state index in [2.05, 4.69) is 28.0 Å². The Morgan fingerprint density at radius 2 is 2.00 bits per heavy atom. The molecular weight excluding hydrogens is 280 g/mol. The highest BCUT2D eigenvalue weighted by Crippen LogP contribution is 2.20. The minimum atomic E-state index is 0.840. The lowest BCUT2D eigenvalue weighted by Crippen LogP contribution is -2.02. The summed E-state index contributed by atoms with van der Waals surface area (Å²) in [7, 11) is 1.67. The maximum absolute atomic E-state index is 5.15. The lowest BCUT2D eigenvalue weighted by molar-refractivity contribution is 0.414.